The number of rotatable bonds is 10. The molecule has 7 heteroatoms. The Morgan fingerprint density at radius 1 is 1.08 bits per heavy atom. The normalized spacial score (nSPS) is 21.3. The predicted molar refractivity (Wildman–Crippen MR) is 138 cm³/mol. The number of ether oxygens (including phenoxy) is 1. The lowest BCUT2D eigenvalue weighted by atomic mass is 9.79. The summed E-state index contributed by atoms with van der Waals surface area (Å²) >= 11 is 0. The fraction of sp³-hybridized carbons (Fsp3) is 0.552. The number of aryl methyl sites for hydroxylation is 3. The lowest BCUT2D eigenvalue weighted by Gasteiger charge is -2.35. The summed E-state index contributed by atoms with van der Waals surface area (Å²) in [6.45, 7) is 1.34. The first-order valence-corrected chi connectivity index (χ1v) is 13.6. The number of carboxylic acid groups (broad SMARTS) is 1. The van der Waals surface area contributed by atoms with E-state index in [-0.39, 0.29) is 18.4 Å². The molecule has 1 aromatic heterocycles. The van der Waals surface area contributed by atoms with Crippen LogP contribution in [-0.2, 0) is 35.2 Å². The number of carbonyl (C=O) groups is 2. The number of nitrogens with zero attached hydrogens (tertiary/aromatic N) is 1. The molecule has 36 heavy (non-hydrogen) atoms. The third kappa shape index (κ3) is 5.89. The number of pyridine rings is 1. The van der Waals surface area contributed by atoms with E-state index in [1.807, 2.05) is 6.07 Å². The average Bonchev–Trinajstić information content (AvgIpc) is 2.88. The molecule has 0 radical (unpaired) electrons. The molecule has 2 aliphatic carbocycles. The molecule has 1 unspecified atom stereocenters. The number of nitrogens with one attached hydrogen (secondary N) is 2. The zero-order valence-corrected chi connectivity index (χ0v) is 20.9. The molecule has 0 spiro atoms. The molecule has 0 saturated heterocycles. The molecule has 1 aliphatic heterocycles. The van der Waals surface area contributed by atoms with Gasteiger partial charge in [-0.3, -0.25) is 4.79 Å². The van der Waals surface area contributed by atoms with Crippen LogP contribution in [0.5, 0.6) is 0 Å². The van der Waals surface area contributed by atoms with Gasteiger partial charge < -0.3 is 20.5 Å². The molecule has 1 saturated carbocycles. The van der Waals surface area contributed by atoms with Gasteiger partial charge in [0, 0.05) is 30.8 Å². The second kappa shape index (κ2) is 11.4. The monoisotopic (exact) mass is 491 g/mol. The first-order chi connectivity index (χ1) is 17.6. The van der Waals surface area contributed by atoms with Gasteiger partial charge in [-0.1, -0.05) is 18.2 Å². The van der Waals surface area contributed by atoms with E-state index >= 15 is 0 Å². The molecule has 192 valence electrons. The number of aliphatic carboxylic acids is 1. The number of benzene rings is 1. The predicted octanol–water partition coefficient (Wildman–Crippen LogP) is 4.32. The second-order valence-corrected chi connectivity index (χ2v) is 10.5. The van der Waals surface area contributed by atoms with Crippen molar-refractivity contribution in [2.24, 2.45) is 5.92 Å². The fourth-order valence-electron chi connectivity index (χ4n) is 5.75. The summed E-state index contributed by atoms with van der Waals surface area (Å²) < 4.78 is 5.95. The number of carboxylic acids is 1. The minimum atomic E-state index is -1.02. The minimum absolute atomic E-state index is 0.180. The Balaban J connectivity index is 1.03. The highest BCUT2D eigenvalue weighted by Gasteiger charge is 2.30. The molecule has 1 aromatic carbocycles. The van der Waals surface area contributed by atoms with E-state index in [0.717, 1.165) is 81.4 Å². The van der Waals surface area contributed by atoms with Crippen LogP contribution in [0, 0.1) is 5.92 Å². The first kappa shape index (κ1) is 24.8. The van der Waals surface area contributed by atoms with E-state index in [2.05, 4.69) is 28.8 Å². The van der Waals surface area contributed by atoms with Crippen LogP contribution in [0.1, 0.15) is 77.7 Å². The van der Waals surface area contributed by atoms with Gasteiger partial charge >= 0.3 is 5.97 Å². The minimum Gasteiger partial charge on any atom is -0.480 e. The van der Waals surface area contributed by atoms with Crippen molar-refractivity contribution in [2.75, 3.05) is 18.5 Å². The molecule has 2 aromatic rings. The van der Waals surface area contributed by atoms with E-state index < -0.39 is 12.0 Å². The highest BCUT2D eigenvalue weighted by molar-refractivity contribution is 5.98. The molecular weight excluding hydrogens is 454 g/mol. The highest BCUT2D eigenvalue weighted by atomic mass is 16.5. The van der Waals surface area contributed by atoms with Crippen molar-refractivity contribution in [1.82, 2.24) is 10.3 Å². The lowest BCUT2D eigenvalue weighted by molar-refractivity contribution is -0.140. The quantitative estimate of drug-likeness (QED) is 0.458. The van der Waals surface area contributed by atoms with Crippen LogP contribution in [-0.4, -0.2) is 47.3 Å². The maximum Gasteiger partial charge on any atom is 0.326 e. The van der Waals surface area contributed by atoms with Crippen LogP contribution in [0.15, 0.2) is 30.3 Å². The van der Waals surface area contributed by atoms with Crippen molar-refractivity contribution in [3.63, 3.8) is 0 Å². The number of fused-ring (bicyclic) bond motifs is 2. The molecule has 1 fully saturated rings. The Kier molecular flexibility index (Phi) is 7.85. The van der Waals surface area contributed by atoms with Crippen LogP contribution in [0.25, 0.3) is 0 Å². The summed E-state index contributed by atoms with van der Waals surface area (Å²) in [5.74, 6) is 0.368. The molecule has 3 aliphatic rings. The van der Waals surface area contributed by atoms with Gasteiger partial charge in [-0.2, -0.15) is 0 Å². The largest absolute Gasteiger partial charge is 0.480 e. The van der Waals surface area contributed by atoms with Gasteiger partial charge in [-0.05, 0) is 98.9 Å². The Hall–Kier alpha value is -2.93. The van der Waals surface area contributed by atoms with E-state index in [4.69, 9.17) is 9.72 Å². The molecule has 7 nitrogen and oxygen atoms in total. The van der Waals surface area contributed by atoms with Gasteiger partial charge in [0.05, 0.1) is 6.10 Å². The third-order valence-electron chi connectivity index (χ3n) is 7.96. The lowest BCUT2D eigenvalue weighted by Crippen LogP contribution is -2.42. The van der Waals surface area contributed by atoms with Gasteiger partial charge in [0.2, 0.25) is 0 Å². The summed E-state index contributed by atoms with van der Waals surface area (Å²) in [5.41, 5.74) is 5.37. The number of carbonyl (C=O) groups excluding carboxylic acids is 1. The number of hydrogen-bond acceptors (Lipinski definition) is 5. The fourth-order valence-corrected chi connectivity index (χ4v) is 5.75. The Labute approximate surface area is 213 Å². The number of anilines is 1. The average molecular weight is 492 g/mol. The zero-order valence-electron chi connectivity index (χ0n) is 20.9. The third-order valence-corrected chi connectivity index (χ3v) is 7.96. The van der Waals surface area contributed by atoms with Crippen LogP contribution in [0.4, 0.5) is 5.82 Å². The van der Waals surface area contributed by atoms with Gasteiger partial charge in [-0.25, -0.2) is 9.78 Å². The van der Waals surface area contributed by atoms with Crippen molar-refractivity contribution in [3.8, 4) is 0 Å². The van der Waals surface area contributed by atoms with Crippen LogP contribution < -0.4 is 10.6 Å². The van der Waals surface area contributed by atoms with Gasteiger partial charge in [0.25, 0.3) is 5.91 Å². The molecular formula is C29H37N3O4. The Morgan fingerprint density at radius 3 is 2.78 bits per heavy atom. The second-order valence-electron chi connectivity index (χ2n) is 10.5. The topological polar surface area (TPSA) is 101 Å². The zero-order chi connectivity index (χ0) is 24.9. The van der Waals surface area contributed by atoms with E-state index in [0.29, 0.717) is 18.1 Å². The van der Waals surface area contributed by atoms with Crippen molar-refractivity contribution in [3.05, 3.63) is 58.3 Å². The van der Waals surface area contributed by atoms with Gasteiger partial charge in [0.15, 0.2) is 0 Å². The summed E-state index contributed by atoms with van der Waals surface area (Å²) in [5, 5.41) is 15.8. The van der Waals surface area contributed by atoms with Gasteiger partial charge in [-0.15, -0.1) is 0 Å². The van der Waals surface area contributed by atoms with Crippen molar-refractivity contribution in [2.45, 2.75) is 82.8 Å². The molecule has 3 N–H and O–H groups in total. The summed E-state index contributed by atoms with van der Waals surface area (Å²) in [7, 11) is 0. The maximum atomic E-state index is 12.9. The number of aromatic nitrogens is 1. The molecule has 1 amide bonds. The van der Waals surface area contributed by atoms with Crippen molar-refractivity contribution in [1.29, 1.82) is 0 Å². The maximum absolute atomic E-state index is 12.9. The number of hydrogen-bond donors (Lipinski definition) is 3. The summed E-state index contributed by atoms with van der Waals surface area (Å²) in [6.07, 6.45) is 10.9. The van der Waals surface area contributed by atoms with Gasteiger partial charge in [0.1, 0.15) is 11.9 Å². The van der Waals surface area contributed by atoms with E-state index in [1.165, 1.54) is 17.5 Å². The Bertz CT molecular complexity index is 1100. The smallest absolute Gasteiger partial charge is 0.326 e. The molecule has 5 rings (SSSR count). The first-order valence-electron chi connectivity index (χ1n) is 13.6. The van der Waals surface area contributed by atoms with Crippen LogP contribution in [0.3, 0.4) is 0 Å². The molecule has 2 heterocycles. The van der Waals surface area contributed by atoms with E-state index in [9.17, 15) is 14.7 Å². The standard InChI is InChI=1S/C29H37N3O4/c33-28(25-9-3-6-20-5-1-2-8-24(20)25)32-26(29(34)35)14-16-36-23-17-19(18-23)10-12-22-13-11-21-7-4-15-30-27(21)31-22/h3,6,9,11,13,19,23,26H,1-2,4-5,7-8,10,12,14-18H2,(H,30,31)(H,32,33)(H,34,35). The number of amides is 1. The summed E-state index contributed by atoms with van der Waals surface area (Å²) in [6, 6.07) is 9.19. The SMILES string of the molecule is O=C(NC(CCOC1CC(CCc2ccc3c(n2)NCCC3)C1)C(=O)O)c1cccc2c1CCCC2. The molecule has 1 atom stereocenters. The summed E-state index contributed by atoms with van der Waals surface area (Å²) in [4.78, 5) is 29.5. The molecule has 0 bridgehead atoms. The van der Waals surface area contributed by atoms with Crippen LogP contribution in [0.2, 0.25) is 0 Å². The van der Waals surface area contributed by atoms with Crippen molar-refractivity contribution >= 4 is 17.7 Å². The van der Waals surface area contributed by atoms with Crippen molar-refractivity contribution < 1.29 is 19.4 Å². The van der Waals surface area contributed by atoms with E-state index in [1.54, 1.807) is 6.07 Å². The highest BCUT2D eigenvalue weighted by Crippen LogP contribution is 2.34. The Morgan fingerprint density at radius 2 is 1.92 bits per heavy atom. The van der Waals surface area contributed by atoms with Crippen LogP contribution >= 0.6 is 0 Å².